The van der Waals surface area contributed by atoms with Gasteiger partial charge < -0.3 is 9.88 Å². The highest BCUT2D eigenvalue weighted by Crippen LogP contribution is 2.38. The number of aryl methyl sites for hydroxylation is 1. The minimum absolute atomic E-state index is 0.0856. The molecule has 2 aliphatic rings. The molecular weight excluding hydrogens is 336 g/mol. The Labute approximate surface area is 148 Å². The smallest absolute Gasteiger partial charge is 0.270 e. The number of allylic oxidation sites excluding steroid dienone is 1. The van der Waals surface area contributed by atoms with E-state index < -0.39 is 10.8 Å². The zero-order valence-electron chi connectivity index (χ0n) is 13.7. The van der Waals surface area contributed by atoms with Gasteiger partial charge in [-0.05, 0) is 18.9 Å². The molecule has 0 unspecified atom stereocenters. The summed E-state index contributed by atoms with van der Waals surface area (Å²) in [6, 6.07) is 6.15. The molecule has 0 saturated heterocycles. The number of nitrogens with zero attached hydrogens (tertiary/aromatic N) is 5. The molecule has 1 aromatic carbocycles. The average Bonchev–Trinajstić information content (AvgIpc) is 3.07. The molecule has 3 heterocycles. The van der Waals surface area contributed by atoms with Crippen LogP contribution in [0.5, 0.6) is 0 Å². The largest absolute Gasteiger partial charge is 0.321 e. The first kappa shape index (κ1) is 16.0. The van der Waals surface area contributed by atoms with Gasteiger partial charge in [0.1, 0.15) is 17.5 Å². The maximum Gasteiger partial charge on any atom is 0.270 e. The van der Waals surface area contributed by atoms with E-state index in [1.165, 1.54) is 18.2 Å². The lowest BCUT2D eigenvalue weighted by atomic mass is 10.0. The number of nitro benzene ring substituents is 1. The van der Waals surface area contributed by atoms with Crippen LogP contribution in [0.2, 0.25) is 0 Å². The molecule has 4 rings (SSSR count). The molecule has 2 aliphatic heterocycles. The number of nitro groups is 1. The molecule has 1 aromatic heterocycles. The van der Waals surface area contributed by atoms with Gasteiger partial charge in [-0.2, -0.15) is 5.26 Å². The van der Waals surface area contributed by atoms with Crippen LogP contribution in [0, 0.1) is 21.4 Å². The number of fused-ring (bicyclic) bond motifs is 2. The Morgan fingerprint density at radius 2 is 2.15 bits per heavy atom. The van der Waals surface area contributed by atoms with Crippen LogP contribution in [0.15, 0.2) is 18.2 Å². The van der Waals surface area contributed by atoms with Crippen LogP contribution in [-0.2, 0) is 17.8 Å². The summed E-state index contributed by atoms with van der Waals surface area (Å²) in [5, 5.41) is 31.8. The quantitative estimate of drug-likeness (QED) is 0.383. The van der Waals surface area contributed by atoms with Gasteiger partial charge in [0.2, 0.25) is 0 Å². The van der Waals surface area contributed by atoms with Gasteiger partial charge in [-0.15, -0.1) is 10.2 Å². The number of amides is 1. The molecule has 0 saturated carbocycles. The van der Waals surface area contributed by atoms with Crippen molar-refractivity contribution in [1.82, 2.24) is 14.8 Å². The fourth-order valence-corrected chi connectivity index (χ4v) is 3.40. The lowest BCUT2D eigenvalue weighted by molar-refractivity contribution is -0.384. The van der Waals surface area contributed by atoms with Crippen LogP contribution in [0.1, 0.15) is 36.5 Å². The first-order valence-corrected chi connectivity index (χ1v) is 8.27. The van der Waals surface area contributed by atoms with E-state index in [2.05, 4.69) is 21.6 Å². The molecule has 0 spiro atoms. The third-order valence-corrected chi connectivity index (χ3v) is 4.65. The number of carbonyl (C=O) groups excluding carboxylic acids is 1. The van der Waals surface area contributed by atoms with Crippen LogP contribution >= 0.6 is 0 Å². The summed E-state index contributed by atoms with van der Waals surface area (Å²) in [6.45, 7) is 0.680. The highest BCUT2D eigenvalue weighted by atomic mass is 16.6. The molecule has 0 radical (unpaired) electrons. The van der Waals surface area contributed by atoms with E-state index >= 15 is 0 Å². The van der Waals surface area contributed by atoms with E-state index in [4.69, 9.17) is 0 Å². The average molecular weight is 350 g/mol. The Morgan fingerprint density at radius 1 is 1.31 bits per heavy atom. The zero-order valence-corrected chi connectivity index (χ0v) is 13.7. The van der Waals surface area contributed by atoms with Crippen molar-refractivity contribution in [2.24, 2.45) is 0 Å². The fourth-order valence-electron chi connectivity index (χ4n) is 3.40. The van der Waals surface area contributed by atoms with Gasteiger partial charge in [0.25, 0.3) is 11.6 Å². The number of aromatic nitrogens is 3. The third-order valence-electron chi connectivity index (χ3n) is 4.65. The number of anilines is 1. The van der Waals surface area contributed by atoms with Crippen molar-refractivity contribution in [3.8, 4) is 6.07 Å². The van der Waals surface area contributed by atoms with Gasteiger partial charge in [-0.3, -0.25) is 14.9 Å². The van der Waals surface area contributed by atoms with Crippen LogP contribution in [-0.4, -0.2) is 25.6 Å². The minimum Gasteiger partial charge on any atom is -0.321 e. The highest BCUT2D eigenvalue weighted by molar-refractivity contribution is 6.37. The Balaban J connectivity index is 1.92. The second-order valence-corrected chi connectivity index (χ2v) is 6.21. The number of benzene rings is 1. The fraction of sp³-hybridized carbons (Fsp3) is 0.294. The van der Waals surface area contributed by atoms with Crippen LogP contribution in [0.4, 0.5) is 11.4 Å². The summed E-state index contributed by atoms with van der Waals surface area (Å²) in [5.41, 5.74) is 0.828. The number of hydrogen-bond acceptors (Lipinski definition) is 6. The van der Waals surface area contributed by atoms with Crippen molar-refractivity contribution < 1.29 is 9.72 Å². The molecule has 26 heavy (non-hydrogen) atoms. The third kappa shape index (κ3) is 2.43. The molecule has 0 bridgehead atoms. The Kier molecular flexibility index (Phi) is 3.73. The second-order valence-electron chi connectivity index (χ2n) is 6.21. The van der Waals surface area contributed by atoms with Crippen molar-refractivity contribution in [3.05, 3.63) is 45.5 Å². The molecule has 0 atom stereocenters. The standard InChI is InChI=1S/C17H14N6O3/c18-9-12(16-21-20-14-4-2-1-3-7-22(14)16)15-11-8-10(23(25)26)5-6-13(11)19-17(15)24/h5-6,8H,1-4,7H2,(H,19,24)/b15-12-. The maximum atomic E-state index is 12.5. The molecule has 9 heteroatoms. The van der Waals surface area contributed by atoms with Crippen molar-refractivity contribution in [3.63, 3.8) is 0 Å². The SMILES string of the molecule is N#C/C(=C1/C(=O)Nc2ccc([N+](=O)[O-])cc21)c1nnc2n1CCCCC2. The zero-order chi connectivity index (χ0) is 18.3. The molecule has 9 nitrogen and oxygen atoms in total. The van der Waals surface area contributed by atoms with Gasteiger partial charge >= 0.3 is 0 Å². The number of non-ortho nitro benzene ring substituents is 1. The number of nitriles is 1. The normalized spacial score (nSPS) is 17.6. The number of hydrogen-bond donors (Lipinski definition) is 1. The predicted octanol–water partition coefficient (Wildman–Crippen LogP) is 2.30. The van der Waals surface area contributed by atoms with Crippen molar-refractivity contribution in [2.45, 2.75) is 32.2 Å². The molecule has 0 fully saturated rings. The Morgan fingerprint density at radius 3 is 2.92 bits per heavy atom. The molecule has 130 valence electrons. The van der Waals surface area contributed by atoms with E-state index in [-0.39, 0.29) is 16.8 Å². The second kappa shape index (κ2) is 6.07. The van der Waals surface area contributed by atoms with Gasteiger partial charge in [0.15, 0.2) is 5.82 Å². The molecular formula is C17H14N6O3. The maximum absolute atomic E-state index is 12.5. The van der Waals surface area contributed by atoms with Crippen molar-refractivity contribution in [1.29, 1.82) is 5.26 Å². The van der Waals surface area contributed by atoms with E-state index in [9.17, 15) is 20.2 Å². The molecule has 2 aromatic rings. The van der Waals surface area contributed by atoms with Gasteiger partial charge in [-0.25, -0.2) is 0 Å². The first-order valence-electron chi connectivity index (χ1n) is 8.27. The lowest BCUT2D eigenvalue weighted by Gasteiger charge is -2.07. The van der Waals surface area contributed by atoms with Crippen LogP contribution < -0.4 is 5.32 Å². The Hall–Kier alpha value is -3.54. The topological polar surface area (TPSA) is 127 Å². The summed E-state index contributed by atoms with van der Waals surface area (Å²) in [6.07, 6.45) is 3.79. The summed E-state index contributed by atoms with van der Waals surface area (Å²) in [4.78, 5) is 23.0. The first-order chi connectivity index (χ1) is 12.6. The van der Waals surface area contributed by atoms with Crippen molar-refractivity contribution in [2.75, 3.05) is 5.32 Å². The van der Waals surface area contributed by atoms with Gasteiger partial charge in [-0.1, -0.05) is 6.42 Å². The van der Waals surface area contributed by atoms with E-state index in [1.54, 1.807) is 0 Å². The number of nitrogens with one attached hydrogen (secondary N) is 1. The predicted molar refractivity (Wildman–Crippen MR) is 91.7 cm³/mol. The summed E-state index contributed by atoms with van der Waals surface area (Å²) < 4.78 is 1.88. The monoisotopic (exact) mass is 350 g/mol. The highest BCUT2D eigenvalue weighted by Gasteiger charge is 2.32. The van der Waals surface area contributed by atoms with E-state index in [0.29, 0.717) is 23.6 Å². The van der Waals surface area contributed by atoms with Gasteiger partial charge in [0.05, 0.1) is 10.5 Å². The molecule has 0 aliphatic carbocycles. The lowest BCUT2D eigenvalue weighted by Crippen LogP contribution is -2.09. The molecule has 1 amide bonds. The van der Waals surface area contributed by atoms with Crippen LogP contribution in [0.25, 0.3) is 11.1 Å². The van der Waals surface area contributed by atoms with E-state index in [1.807, 2.05) is 4.57 Å². The summed E-state index contributed by atoms with van der Waals surface area (Å²) >= 11 is 0. The summed E-state index contributed by atoms with van der Waals surface area (Å²) in [5.74, 6) is 0.667. The number of carbonyl (C=O) groups is 1. The van der Waals surface area contributed by atoms with Gasteiger partial charge in [0, 0.05) is 36.3 Å². The Bertz CT molecular complexity index is 1010. The number of rotatable bonds is 2. The summed E-state index contributed by atoms with van der Waals surface area (Å²) in [7, 11) is 0. The van der Waals surface area contributed by atoms with Crippen molar-refractivity contribution >= 4 is 28.4 Å². The van der Waals surface area contributed by atoms with Crippen LogP contribution in [0.3, 0.4) is 0 Å². The minimum atomic E-state index is -0.532. The molecule has 1 N–H and O–H groups in total. The van der Waals surface area contributed by atoms with E-state index in [0.717, 1.165) is 31.5 Å².